The van der Waals surface area contributed by atoms with Gasteiger partial charge in [0.2, 0.25) is 5.91 Å². The Balaban J connectivity index is 1.60. The standard InChI is InChI=1S/C23H28ClF3N4O/c1-22(2,3)31(15-17-7-5-4-6-8-17)20(32)16-29-9-11-30(12-10-29)21-19(24)13-18(14-28-21)23(25,26)27/h4-8,13-14H,9-12,15-16H2,1-3H3. The van der Waals surface area contributed by atoms with Gasteiger partial charge >= 0.3 is 6.18 Å². The first kappa shape index (κ1) is 24.3. The number of carbonyl (C=O) groups is 1. The Morgan fingerprint density at radius 1 is 1.09 bits per heavy atom. The summed E-state index contributed by atoms with van der Waals surface area (Å²) >= 11 is 6.08. The van der Waals surface area contributed by atoms with E-state index in [0.29, 0.717) is 38.5 Å². The maximum Gasteiger partial charge on any atom is 0.417 e. The molecule has 1 amide bonds. The molecule has 32 heavy (non-hydrogen) atoms. The van der Waals surface area contributed by atoms with Crippen molar-refractivity contribution in [2.24, 2.45) is 0 Å². The van der Waals surface area contributed by atoms with Gasteiger partial charge in [-0.1, -0.05) is 41.9 Å². The summed E-state index contributed by atoms with van der Waals surface area (Å²) in [7, 11) is 0. The molecule has 1 aromatic heterocycles. The first-order chi connectivity index (χ1) is 14.9. The fraction of sp³-hybridized carbons (Fsp3) is 0.478. The number of anilines is 1. The van der Waals surface area contributed by atoms with Crippen LogP contribution < -0.4 is 4.90 Å². The number of carbonyl (C=O) groups excluding carboxylic acids is 1. The Bertz CT molecular complexity index is 923. The van der Waals surface area contributed by atoms with Crippen molar-refractivity contribution in [3.05, 3.63) is 58.7 Å². The van der Waals surface area contributed by atoms with Gasteiger partial charge in [0, 0.05) is 44.5 Å². The number of nitrogens with zero attached hydrogens (tertiary/aromatic N) is 4. The predicted octanol–water partition coefficient (Wildman–Crippen LogP) is 4.70. The van der Waals surface area contributed by atoms with Crippen LogP contribution in [-0.4, -0.2) is 59.0 Å². The molecule has 0 aliphatic carbocycles. The molecule has 9 heteroatoms. The van der Waals surface area contributed by atoms with Gasteiger partial charge in [-0.2, -0.15) is 13.2 Å². The molecule has 0 unspecified atom stereocenters. The molecular weight excluding hydrogens is 441 g/mol. The number of pyridine rings is 1. The number of amides is 1. The van der Waals surface area contributed by atoms with Crippen molar-refractivity contribution in [2.45, 2.75) is 39.0 Å². The molecule has 0 saturated carbocycles. The number of benzene rings is 1. The van der Waals surface area contributed by atoms with Crippen LogP contribution in [0.2, 0.25) is 5.02 Å². The highest BCUT2D eigenvalue weighted by Gasteiger charge is 2.33. The van der Waals surface area contributed by atoms with E-state index in [-0.39, 0.29) is 23.0 Å². The number of piperazine rings is 1. The van der Waals surface area contributed by atoms with E-state index in [1.165, 1.54) is 0 Å². The van der Waals surface area contributed by atoms with Crippen LogP contribution in [0.4, 0.5) is 19.0 Å². The molecule has 2 aromatic rings. The number of rotatable bonds is 5. The van der Waals surface area contributed by atoms with E-state index in [2.05, 4.69) is 9.88 Å². The number of hydrogen-bond donors (Lipinski definition) is 0. The summed E-state index contributed by atoms with van der Waals surface area (Å²) in [6.45, 7) is 9.11. The number of hydrogen-bond acceptors (Lipinski definition) is 4. The first-order valence-corrected chi connectivity index (χ1v) is 10.9. The van der Waals surface area contributed by atoms with Crippen molar-refractivity contribution >= 4 is 23.3 Å². The quantitative estimate of drug-likeness (QED) is 0.637. The third kappa shape index (κ3) is 6.13. The molecule has 5 nitrogen and oxygen atoms in total. The molecule has 174 valence electrons. The molecule has 0 radical (unpaired) electrons. The van der Waals surface area contributed by atoms with E-state index in [4.69, 9.17) is 11.6 Å². The maximum absolute atomic E-state index is 13.1. The zero-order valence-electron chi connectivity index (χ0n) is 18.5. The van der Waals surface area contributed by atoms with Crippen LogP contribution in [0.5, 0.6) is 0 Å². The van der Waals surface area contributed by atoms with Gasteiger partial charge in [0.25, 0.3) is 0 Å². The van der Waals surface area contributed by atoms with Gasteiger partial charge in [0.15, 0.2) is 0 Å². The highest BCUT2D eigenvalue weighted by molar-refractivity contribution is 6.33. The number of halogens is 4. The maximum atomic E-state index is 13.1. The minimum absolute atomic E-state index is 0.0221. The van der Waals surface area contributed by atoms with Crippen molar-refractivity contribution in [3.8, 4) is 0 Å². The Hall–Kier alpha value is -2.32. The summed E-state index contributed by atoms with van der Waals surface area (Å²) in [5.41, 5.74) is -0.119. The molecule has 1 aliphatic rings. The van der Waals surface area contributed by atoms with Gasteiger partial charge in [0.1, 0.15) is 5.82 Å². The lowest BCUT2D eigenvalue weighted by molar-refractivity contribution is -0.138. The van der Waals surface area contributed by atoms with Gasteiger partial charge in [-0.3, -0.25) is 9.69 Å². The number of aromatic nitrogens is 1. The smallest absolute Gasteiger partial charge is 0.353 e. The van der Waals surface area contributed by atoms with Gasteiger partial charge in [-0.15, -0.1) is 0 Å². The first-order valence-electron chi connectivity index (χ1n) is 10.5. The summed E-state index contributed by atoms with van der Waals surface area (Å²) in [5, 5.41) is -0.0221. The average molecular weight is 469 g/mol. The lowest BCUT2D eigenvalue weighted by Gasteiger charge is -2.39. The Labute approximate surface area is 191 Å². The lowest BCUT2D eigenvalue weighted by Crippen LogP contribution is -2.53. The molecule has 0 N–H and O–H groups in total. The second-order valence-corrected chi connectivity index (χ2v) is 9.33. The van der Waals surface area contributed by atoms with Crippen LogP contribution in [-0.2, 0) is 17.5 Å². The zero-order chi connectivity index (χ0) is 23.5. The average Bonchev–Trinajstić information content (AvgIpc) is 2.72. The zero-order valence-corrected chi connectivity index (χ0v) is 19.2. The van der Waals surface area contributed by atoms with E-state index in [1.807, 2.05) is 60.9 Å². The molecule has 0 spiro atoms. The molecular formula is C23H28ClF3N4O. The van der Waals surface area contributed by atoms with Crippen molar-refractivity contribution < 1.29 is 18.0 Å². The van der Waals surface area contributed by atoms with E-state index in [1.54, 1.807) is 0 Å². The monoisotopic (exact) mass is 468 g/mol. The van der Waals surface area contributed by atoms with Crippen molar-refractivity contribution in [1.29, 1.82) is 0 Å². The second-order valence-electron chi connectivity index (χ2n) is 8.93. The predicted molar refractivity (Wildman–Crippen MR) is 120 cm³/mol. The van der Waals surface area contributed by atoms with E-state index in [9.17, 15) is 18.0 Å². The molecule has 1 aliphatic heterocycles. The molecule has 0 bridgehead atoms. The number of alkyl halides is 3. The summed E-state index contributed by atoms with van der Waals surface area (Å²) in [6.07, 6.45) is -3.67. The van der Waals surface area contributed by atoms with E-state index in [0.717, 1.165) is 17.8 Å². The van der Waals surface area contributed by atoms with Crippen LogP contribution in [0, 0.1) is 0 Å². The van der Waals surface area contributed by atoms with Crippen molar-refractivity contribution in [3.63, 3.8) is 0 Å². The third-order valence-corrected chi connectivity index (χ3v) is 5.75. The van der Waals surface area contributed by atoms with Crippen molar-refractivity contribution in [2.75, 3.05) is 37.6 Å². The topological polar surface area (TPSA) is 39.7 Å². The van der Waals surface area contributed by atoms with E-state index >= 15 is 0 Å². The van der Waals surface area contributed by atoms with Gasteiger partial charge in [-0.05, 0) is 32.4 Å². The van der Waals surface area contributed by atoms with E-state index < -0.39 is 11.7 Å². The normalized spacial score (nSPS) is 15.7. The molecule has 1 fully saturated rings. The van der Waals surface area contributed by atoms with Crippen LogP contribution in [0.15, 0.2) is 42.6 Å². The van der Waals surface area contributed by atoms with Crippen LogP contribution >= 0.6 is 11.6 Å². The molecule has 1 aromatic carbocycles. The summed E-state index contributed by atoms with van der Waals surface area (Å²) in [6, 6.07) is 10.8. The van der Waals surface area contributed by atoms with Crippen molar-refractivity contribution in [1.82, 2.24) is 14.8 Å². The fourth-order valence-electron chi connectivity index (χ4n) is 3.68. The third-order valence-electron chi connectivity index (χ3n) is 5.47. The Morgan fingerprint density at radius 3 is 2.25 bits per heavy atom. The highest BCUT2D eigenvalue weighted by Crippen LogP contribution is 2.33. The lowest BCUT2D eigenvalue weighted by atomic mass is 10.0. The second kappa shape index (κ2) is 9.67. The fourth-order valence-corrected chi connectivity index (χ4v) is 3.96. The van der Waals surface area contributed by atoms with Gasteiger partial charge < -0.3 is 9.80 Å². The minimum Gasteiger partial charge on any atom is -0.353 e. The van der Waals surface area contributed by atoms with Gasteiger partial charge in [-0.25, -0.2) is 4.98 Å². The Morgan fingerprint density at radius 2 is 1.72 bits per heavy atom. The SMILES string of the molecule is CC(C)(C)N(Cc1ccccc1)C(=O)CN1CCN(c2ncc(C(F)(F)F)cc2Cl)CC1. The summed E-state index contributed by atoms with van der Waals surface area (Å²) < 4.78 is 38.5. The van der Waals surface area contributed by atoms with Crippen LogP contribution in [0.25, 0.3) is 0 Å². The van der Waals surface area contributed by atoms with Crippen LogP contribution in [0.3, 0.4) is 0 Å². The minimum atomic E-state index is -4.48. The van der Waals surface area contributed by atoms with Crippen LogP contribution in [0.1, 0.15) is 31.9 Å². The molecule has 2 heterocycles. The Kier molecular flexibility index (Phi) is 7.35. The molecule has 1 saturated heterocycles. The molecule has 0 atom stereocenters. The summed E-state index contributed by atoms with van der Waals surface area (Å²) in [4.78, 5) is 22.9. The molecule has 3 rings (SSSR count). The summed E-state index contributed by atoms with van der Waals surface area (Å²) in [5.74, 6) is 0.381. The van der Waals surface area contributed by atoms with Gasteiger partial charge in [0.05, 0.1) is 17.1 Å². The largest absolute Gasteiger partial charge is 0.417 e. The highest BCUT2D eigenvalue weighted by atomic mass is 35.5.